The van der Waals surface area contributed by atoms with Crippen LogP contribution in [0.4, 0.5) is 0 Å². The van der Waals surface area contributed by atoms with Crippen LogP contribution < -0.4 is 0 Å². The number of carbonyl (C=O) groups is 2. The average Bonchev–Trinajstić information content (AvgIpc) is 2.27. The highest BCUT2D eigenvalue weighted by atomic mass is 16.5. The van der Waals surface area contributed by atoms with Crippen molar-refractivity contribution in [3.05, 3.63) is 11.6 Å². The summed E-state index contributed by atoms with van der Waals surface area (Å²) in [5, 5.41) is 8.40. The molecule has 0 fully saturated rings. The molecule has 0 aromatic carbocycles. The van der Waals surface area contributed by atoms with Crippen LogP contribution >= 0.6 is 0 Å². The van der Waals surface area contributed by atoms with Crippen LogP contribution in [-0.4, -0.2) is 48.2 Å². The van der Waals surface area contributed by atoms with E-state index in [9.17, 15) is 9.59 Å². The summed E-state index contributed by atoms with van der Waals surface area (Å²) in [6.07, 6.45) is 2.95. The molecule has 0 saturated carbocycles. The van der Waals surface area contributed by atoms with Crippen LogP contribution in [0.1, 0.15) is 27.2 Å². The van der Waals surface area contributed by atoms with Crippen molar-refractivity contribution < 1.29 is 19.4 Å². The largest absolute Gasteiger partial charge is 0.480 e. The predicted octanol–water partition coefficient (Wildman–Crippen LogP) is 1.29. The van der Waals surface area contributed by atoms with Crippen molar-refractivity contribution in [3.63, 3.8) is 0 Å². The molecule has 1 N–H and O–H groups in total. The van der Waals surface area contributed by atoms with E-state index in [0.717, 1.165) is 6.42 Å². The van der Waals surface area contributed by atoms with Gasteiger partial charge >= 0.3 is 5.97 Å². The van der Waals surface area contributed by atoms with Crippen LogP contribution in [0.5, 0.6) is 0 Å². The van der Waals surface area contributed by atoms with Gasteiger partial charge in [-0.05, 0) is 11.8 Å². The highest BCUT2D eigenvalue weighted by Crippen LogP contribution is 2.29. The van der Waals surface area contributed by atoms with Crippen LogP contribution in [0.25, 0.3) is 0 Å². The highest BCUT2D eigenvalue weighted by molar-refractivity contribution is 5.78. The number of amides is 1. The molecular formula is C13H21NO4. The lowest BCUT2D eigenvalue weighted by molar-refractivity contribution is -0.145. The van der Waals surface area contributed by atoms with Crippen molar-refractivity contribution in [2.24, 2.45) is 5.41 Å². The molecule has 0 bridgehead atoms. The van der Waals surface area contributed by atoms with Crippen LogP contribution in [-0.2, 0) is 14.3 Å². The van der Waals surface area contributed by atoms with E-state index in [2.05, 4.69) is 26.8 Å². The number of carboxylic acids is 1. The molecule has 102 valence electrons. The van der Waals surface area contributed by atoms with E-state index in [1.54, 1.807) is 4.90 Å². The molecule has 0 aromatic heterocycles. The molecule has 5 heteroatoms. The van der Waals surface area contributed by atoms with Crippen molar-refractivity contribution in [1.82, 2.24) is 4.90 Å². The second-order valence-electron chi connectivity index (χ2n) is 5.46. The average molecular weight is 255 g/mol. The minimum atomic E-state index is -1.06. The molecule has 1 aliphatic rings. The van der Waals surface area contributed by atoms with Crippen molar-refractivity contribution in [1.29, 1.82) is 0 Å². The number of rotatable bonds is 4. The predicted molar refractivity (Wildman–Crippen MR) is 67.2 cm³/mol. The Morgan fingerprint density at radius 2 is 2.06 bits per heavy atom. The summed E-state index contributed by atoms with van der Waals surface area (Å²) in [5.41, 5.74) is 1.51. The zero-order valence-electron chi connectivity index (χ0n) is 11.2. The molecule has 0 atom stereocenters. The number of hydrogen-bond acceptors (Lipinski definition) is 3. The summed E-state index contributed by atoms with van der Waals surface area (Å²) < 4.78 is 4.79. The maximum atomic E-state index is 11.7. The monoisotopic (exact) mass is 255 g/mol. The van der Waals surface area contributed by atoms with Crippen molar-refractivity contribution in [2.45, 2.75) is 27.2 Å². The van der Waals surface area contributed by atoms with Crippen molar-refractivity contribution in [3.8, 4) is 0 Å². The lowest BCUT2D eigenvalue weighted by Crippen LogP contribution is -2.38. The van der Waals surface area contributed by atoms with Gasteiger partial charge in [0.05, 0.1) is 0 Å². The van der Waals surface area contributed by atoms with E-state index in [-0.39, 0.29) is 17.9 Å². The van der Waals surface area contributed by atoms with Gasteiger partial charge in [-0.25, -0.2) is 4.79 Å². The van der Waals surface area contributed by atoms with Gasteiger partial charge in [-0.15, -0.1) is 0 Å². The number of aliphatic carboxylic acids is 1. The molecule has 1 rings (SSSR count). The van der Waals surface area contributed by atoms with Gasteiger partial charge in [0.15, 0.2) is 0 Å². The van der Waals surface area contributed by atoms with E-state index in [1.807, 2.05) is 0 Å². The van der Waals surface area contributed by atoms with Gasteiger partial charge in [0, 0.05) is 13.1 Å². The third-order valence-corrected chi connectivity index (χ3v) is 2.98. The molecule has 5 nitrogen and oxygen atoms in total. The van der Waals surface area contributed by atoms with Gasteiger partial charge in [0.2, 0.25) is 5.91 Å². The van der Waals surface area contributed by atoms with Gasteiger partial charge < -0.3 is 14.7 Å². The molecule has 0 aliphatic carbocycles. The Hall–Kier alpha value is -1.36. The van der Waals surface area contributed by atoms with Crippen molar-refractivity contribution >= 4 is 11.9 Å². The first-order chi connectivity index (χ1) is 8.30. The zero-order chi connectivity index (χ0) is 13.8. The molecule has 1 amide bonds. The third-order valence-electron chi connectivity index (χ3n) is 2.98. The van der Waals surface area contributed by atoms with Gasteiger partial charge in [-0.2, -0.15) is 0 Å². The Labute approximate surface area is 107 Å². The molecule has 18 heavy (non-hydrogen) atoms. The first kappa shape index (κ1) is 14.7. The fraction of sp³-hybridized carbons (Fsp3) is 0.692. The standard InChI is InChI=1S/C13H21NO4/c1-13(2,3)10-4-6-14(7-5-10)11(15)8-18-9-12(16)17/h4H,5-9H2,1-3H3,(H,16,17). The smallest absolute Gasteiger partial charge is 0.329 e. The molecule has 1 heterocycles. The Kier molecular flexibility index (Phi) is 4.90. The Bertz CT molecular complexity index is 354. The van der Waals surface area contributed by atoms with E-state index >= 15 is 0 Å². The number of hydrogen-bond donors (Lipinski definition) is 1. The first-order valence-electron chi connectivity index (χ1n) is 6.07. The minimum Gasteiger partial charge on any atom is -0.480 e. The fourth-order valence-corrected chi connectivity index (χ4v) is 1.89. The summed E-state index contributed by atoms with van der Waals surface area (Å²) in [5.74, 6) is -1.21. The highest BCUT2D eigenvalue weighted by Gasteiger charge is 2.23. The number of carbonyl (C=O) groups excluding carboxylic acids is 1. The van der Waals surface area contributed by atoms with E-state index in [0.29, 0.717) is 13.1 Å². The molecule has 0 spiro atoms. The Balaban J connectivity index is 2.40. The summed E-state index contributed by atoms with van der Waals surface area (Å²) in [6, 6.07) is 0. The number of carboxylic acid groups (broad SMARTS) is 1. The van der Waals surface area contributed by atoms with E-state index < -0.39 is 12.6 Å². The fourth-order valence-electron chi connectivity index (χ4n) is 1.89. The van der Waals surface area contributed by atoms with E-state index in [4.69, 9.17) is 9.84 Å². The quantitative estimate of drug-likeness (QED) is 0.769. The van der Waals surface area contributed by atoms with Crippen LogP contribution in [0.3, 0.4) is 0 Å². The maximum absolute atomic E-state index is 11.7. The van der Waals surface area contributed by atoms with Gasteiger partial charge in [-0.1, -0.05) is 32.4 Å². The van der Waals surface area contributed by atoms with Gasteiger partial charge in [0.1, 0.15) is 13.2 Å². The number of ether oxygens (including phenoxy) is 1. The molecule has 1 aliphatic heterocycles. The molecular weight excluding hydrogens is 234 g/mol. The second-order valence-corrected chi connectivity index (χ2v) is 5.46. The van der Waals surface area contributed by atoms with Gasteiger partial charge in [0.25, 0.3) is 0 Å². The first-order valence-corrected chi connectivity index (χ1v) is 6.07. The lowest BCUT2D eigenvalue weighted by Gasteiger charge is -2.32. The number of nitrogens with zero attached hydrogens (tertiary/aromatic N) is 1. The normalized spacial score (nSPS) is 16.4. The zero-order valence-corrected chi connectivity index (χ0v) is 11.2. The summed E-state index contributed by atoms with van der Waals surface area (Å²) >= 11 is 0. The van der Waals surface area contributed by atoms with Crippen molar-refractivity contribution in [2.75, 3.05) is 26.3 Å². The molecule has 0 unspecified atom stereocenters. The van der Waals surface area contributed by atoms with Crippen LogP contribution in [0, 0.1) is 5.41 Å². The minimum absolute atomic E-state index is 0.148. The molecule has 0 radical (unpaired) electrons. The molecule has 0 saturated heterocycles. The summed E-state index contributed by atoms with van der Waals surface area (Å²) in [7, 11) is 0. The Morgan fingerprint density at radius 3 is 2.50 bits per heavy atom. The third kappa shape index (κ3) is 4.49. The summed E-state index contributed by atoms with van der Waals surface area (Å²) in [4.78, 5) is 23.7. The van der Waals surface area contributed by atoms with Gasteiger partial charge in [-0.3, -0.25) is 4.79 Å². The van der Waals surface area contributed by atoms with Crippen LogP contribution in [0.15, 0.2) is 11.6 Å². The van der Waals surface area contributed by atoms with E-state index in [1.165, 1.54) is 5.57 Å². The maximum Gasteiger partial charge on any atom is 0.329 e. The molecule has 0 aromatic rings. The van der Waals surface area contributed by atoms with Crippen LogP contribution in [0.2, 0.25) is 0 Å². The lowest BCUT2D eigenvalue weighted by atomic mass is 9.83. The Morgan fingerprint density at radius 1 is 1.39 bits per heavy atom. The second kappa shape index (κ2) is 6.00. The topological polar surface area (TPSA) is 66.8 Å². The SMILES string of the molecule is CC(C)(C)C1=CCN(C(=O)COCC(=O)O)CC1. The summed E-state index contributed by atoms with van der Waals surface area (Å²) in [6.45, 7) is 7.15.